The van der Waals surface area contributed by atoms with E-state index in [2.05, 4.69) is 0 Å². The van der Waals surface area contributed by atoms with E-state index in [1.807, 2.05) is 20.8 Å². The number of rotatable bonds is 3. The van der Waals surface area contributed by atoms with Gasteiger partial charge in [-0.1, -0.05) is 6.92 Å². The number of carboxylic acids is 1. The van der Waals surface area contributed by atoms with E-state index in [-0.39, 0.29) is 18.0 Å². The minimum atomic E-state index is -0.778. The van der Waals surface area contributed by atoms with Gasteiger partial charge >= 0.3 is 5.97 Å². The second-order valence-corrected chi connectivity index (χ2v) is 4.35. The van der Waals surface area contributed by atoms with Crippen molar-refractivity contribution < 1.29 is 14.7 Å². The quantitative estimate of drug-likeness (QED) is 0.772. The first-order valence-corrected chi connectivity index (χ1v) is 5.53. The van der Waals surface area contributed by atoms with Gasteiger partial charge in [-0.05, 0) is 26.7 Å². The lowest BCUT2D eigenvalue weighted by atomic mass is 9.86. The van der Waals surface area contributed by atoms with E-state index in [0.717, 1.165) is 0 Å². The fourth-order valence-electron chi connectivity index (χ4n) is 2.42. The van der Waals surface area contributed by atoms with Crippen molar-refractivity contribution in [2.24, 2.45) is 5.92 Å². The molecule has 0 unspecified atom stereocenters. The molecule has 0 aliphatic carbocycles. The number of nitrogens with zero attached hydrogens (tertiary/aromatic N) is 1. The van der Waals surface area contributed by atoms with Gasteiger partial charge in [-0.3, -0.25) is 9.59 Å². The van der Waals surface area contributed by atoms with Crippen molar-refractivity contribution in [2.75, 3.05) is 0 Å². The molecule has 86 valence electrons. The standard InChI is InChI=1S/C11H19NO3/c1-4-9-8(11(14)15)5-6-10(13)12(9)7(2)3/h7-9H,4-6H2,1-3H3,(H,14,15)/t8-,9+/m0/s1. The Morgan fingerprint density at radius 1 is 1.60 bits per heavy atom. The molecular formula is C11H19NO3. The molecule has 1 heterocycles. The van der Waals surface area contributed by atoms with Gasteiger partial charge in [-0.25, -0.2) is 0 Å². The molecule has 0 aromatic rings. The molecule has 1 N–H and O–H groups in total. The van der Waals surface area contributed by atoms with Gasteiger partial charge in [-0.2, -0.15) is 0 Å². The van der Waals surface area contributed by atoms with Crippen LogP contribution in [0.5, 0.6) is 0 Å². The Morgan fingerprint density at radius 2 is 2.20 bits per heavy atom. The Bertz CT molecular complexity index is 263. The maximum atomic E-state index is 11.7. The number of hydrogen-bond donors (Lipinski definition) is 1. The van der Waals surface area contributed by atoms with Crippen molar-refractivity contribution >= 4 is 11.9 Å². The molecule has 15 heavy (non-hydrogen) atoms. The second-order valence-electron chi connectivity index (χ2n) is 4.35. The van der Waals surface area contributed by atoms with Crippen LogP contribution in [0.2, 0.25) is 0 Å². The van der Waals surface area contributed by atoms with Gasteiger partial charge in [0.1, 0.15) is 0 Å². The number of likely N-dealkylation sites (tertiary alicyclic amines) is 1. The molecule has 1 saturated heterocycles. The molecular weight excluding hydrogens is 194 g/mol. The van der Waals surface area contributed by atoms with Crippen LogP contribution in [0.15, 0.2) is 0 Å². The lowest BCUT2D eigenvalue weighted by molar-refractivity contribution is -0.153. The molecule has 4 heteroatoms. The van der Waals surface area contributed by atoms with Crippen LogP contribution in [0, 0.1) is 5.92 Å². The molecule has 0 aromatic carbocycles. The molecule has 1 fully saturated rings. The van der Waals surface area contributed by atoms with E-state index < -0.39 is 11.9 Å². The monoisotopic (exact) mass is 213 g/mol. The first-order valence-electron chi connectivity index (χ1n) is 5.53. The Balaban J connectivity index is 2.90. The second kappa shape index (κ2) is 4.64. The summed E-state index contributed by atoms with van der Waals surface area (Å²) < 4.78 is 0. The average Bonchev–Trinajstić information content (AvgIpc) is 2.15. The van der Waals surface area contributed by atoms with Gasteiger partial charge in [0.25, 0.3) is 0 Å². The molecule has 4 nitrogen and oxygen atoms in total. The highest BCUT2D eigenvalue weighted by molar-refractivity contribution is 5.81. The summed E-state index contributed by atoms with van der Waals surface area (Å²) in [5.74, 6) is -1.08. The Morgan fingerprint density at radius 3 is 2.60 bits per heavy atom. The number of carbonyl (C=O) groups is 2. The number of carboxylic acid groups (broad SMARTS) is 1. The lowest BCUT2D eigenvalue weighted by Crippen LogP contribution is -2.53. The van der Waals surface area contributed by atoms with Crippen molar-refractivity contribution in [1.29, 1.82) is 0 Å². The van der Waals surface area contributed by atoms with Crippen molar-refractivity contribution in [1.82, 2.24) is 4.90 Å². The lowest BCUT2D eigenvalue weighted by Gasteiger charge is -2.41. The minimum Gasteiger partial charge on any atom is -0.481 e. The molecule has 0 bridgehead atoms. The molecule has 2 atom stereocenters. The third-order valence-electron chi connectivity index (χ3n) is 3.07. The van der Waals surface area contributed by atoms with Crippen molar-refractivity contribution in [2.45, 2.75) is 52.1 Å². The van der Waals surface area contributed by atoms with Crippen molar-refractivity contribution in [3.8, 4) is 0 Å². The molecule has 1 aliphatic rings. The summed E-state index contributed by atoms with van der Waals surface area (Å²) in [6, 6.07) is -0.0478. The largest absolute Gasteiger partial charge is 0.481 e. The summed E-state index contributed by atoms with van der Waals surface area (Å²) in [5, 5.41) is 9.09. The number of aliphatic carboxylic acids is 1. The Kier molecular flexibility index (Phi) is 3.72. The highest BCUT2D eigenvalue weighted by Gasteiger charge is 2.39. The van der Waals surface area contributed by atoms with Crippen LogP contribution in [-0.2, 0) is 9.59 Å². The van der Waals surface area contributed by atoms with Gasteiger partial charge < -0.3 is 10.0 Å². The summed E-state index contributed by atoms with van der Waals surface area (Å²) in [7, 11) is 0. The Hall–Kier alpha value is -1.06. The summed E-state index contributed by atoms with van der Waals surface area (Å²) in [6.45, 7) is 5.81. The highest BCUT2D eigenvalue weighted by Crippen LogP contribution is 2.28. The highest BCUT2D eigenvalue weighted by atomic mass is 16.4. The van der Waals surface area contributed by atoms with Crippen LogP contribution >= 0.6 is 0 Å². The summed E-state index contributed by atoms with van der Waals surface area (Å²) in [6.07, 6.45) is 1.56. The van der Waals surface area contributed by atoms with Crippen LogP contribution in [-0.4, -0.2) is 34.0 Å². The number of piperidine rings is 1. The number of amides is 1. The number of hydrogen-bond acceptors (Lipinski definition) is 2. The zero-order chi connectivity index (χ0) is 11.6. The van der Waals surface area contributed by atoms with Gasteiger partial charge in [0.15, 0.2) is 0 Å². The van der Waals surface area contributed by atoms with Gasteiger partial charge in [0.05, 0.1) is 5.92 Å². The van der Waals surface area contributed by atoms with Crippen LogP contribution in [0.3, 0.4) is 0 Å². The predicted octanol–water partition coefficient (Wildman–Crippen LogP) is 1.50. The predicted molar refractivity (Wildman–Crippen MR) is 56.4 cm³/mol. The summed E-state index contributed by atoms with van der Waals surface area (Å²) >= 11 is 0. The zero-order valence-corrected chi connectivity index (χ0v) is 9.56. The molecule has 0 radical (unpaired) electrons. The first kappa shape index (κ1) is 12.0. The normalized spacial score (nSPS) is 27.2. The fourth-order valence-corrected chi connectivity index (χ4v) is 2.42. The molecule has 0 aromatic heterocycles. The fraction of sp³-hybridized carbons (Fsp3) is 0.818. The molecule has 1 aliphatic heterocycles. The molecule has 1 amide bonds. The van der Waals surface area contributed by atoms with Crippen LogP contribution in [0.25, 0.3) is 0 Å². The average molecular weight is 213 g/mol. The number of carbonyl (C=O) groups excluding carboxylic acids is 1. The van der Waals surface area contributed by atoms with Gasteiger partial charge in [0.2, 0.25) is 5.91 Å². The SMILES string of the molecule is CC[C@@H]1[C@@H](C(=O)O)CCC(=O)N1C(C)C. The van der Waals surface area contributed by atoms with E-state index in [4.69, 9.17) is 5.11 Å². The molecule has 0 spiro atoms. The van der Waals surface area contributed by atoms with E-state index in [0.29, 0.717) is 19.3 Å². The smallest absolute Gasteiger partial charge is 0.308 e. The van der Waals surface area contributed by atoms with Crippen LogP contribution < -0.4 is 0 Å². The van der Waals surface area contributed by atoms with Crippen molar-refractivity contribution in [3.63, 3.8) is 0 Å². The molecule has 1 rings (SSSR count). The third kappa shape index (κ3) is 2.30. The van der Waals surface area contributed by atoms with Crippen LogP contribution in [0.4, 0.5) is 0 Å². The van der Waals surface area contributed by atoms with Gasteiger partial charge in [-0.15, -0.1) is 0 Å². The van der Waals surface area contributed by atoms with E-state index in [9.17, 15) is 9.59 Å². The van der Waals surface area contributed by atoms with Crippen molar-refractivity contribution in [3.05, 3.63) is 0 Å². The minimum absolute atomic E-state index is 0.0876. The molecule has 0 saturated carbocycles. The van der Waals surface area contributed by atoms with Gasteiger partial charge in [0, 0.05) is 18.5 Å². The van der Waals surface area contributed by atoms with E-state index in [1.165, 1.54) is 0 Å². The Labute approximate surface area is 90.3 Å². The van der Waals surface area contributed by atoms with Crippen LogP contribution in [0.1, 0.15) is 40.0 Å². The first-order chi connectivity index (χ1) is 6.99. The summed E-state index contributed by atoms with van der Waals surface area (Å²) in [5.41, 5.74) is 0. The summed E-state index contributed by atoms with van der Waals surface area (Å²) in [4.78, 5) is 24.5. The topological polar surface area (TPSA) is 57.6 Å². The maximum absolute atomic E-state index is 11.7. The van der Waals surface area contributed by atoms with E-state index >= 15 is 0 Å². The van der Waals surface area contributed by atoms with E-state index in [1.54, 1.807) is 4.90 Å². The maximum Gasteiger partial charge on any atom is 0.308 e. The third-order valence-corrected chi connectivity index (χ3v) is 3.07. The zero-order valence-electron chi connectivity index (χ0n) is 9.56.